The van der Waals surface area contributed by atoms with E-state index in [9.17, 15) is 24.8 Å². The summed E-state index contributed by atoms with van der Waals surface area (Å²) in [5.41, 5.74) is 0.0985. The fourth-order valence-corrected chi connectivity index (χ4v) is 5.36. The van der Waals surface area contributed by atoms with Gasteiger partial charge in [0.2, 0.25) is 5.88 Å². The van der Waals surface area contributed by atoms with Crippen molar-refractivity contribution in [3.8, 4) is 11.9 Å². The molecular formula is C26H26ClN3O4S2. The van der Waals surface area contributed by atoms with Gasteiger partial charge in [-0.1, -0.05) is 73.9 Å². The Morgan fingerprint density at radius 1 is 1.19 bits per heavy atom. The number of hydrogen-bond acceptors (Lipinski definition) is 7. The molecule has 7 nitrogen and oxygen atoms in total. The number of thiocarbonyl (C=S) groups is 1. The lowest BCUT2D eigenvalue weighted by atomic mass is 9.99. The minimum absolute atomic E-state index is 0.0118. The van der Waals surface area contributed by atoms with Crippen molar-refractivity contribution in [3.05, 3.63) is 66.8 Å². The summed E-state index contributed by atoms with van der Waals surface area (Å²) in [7, 11) is 0. The van der Waals surface area contributed by atoms with Crippen molar-refractivity contribution in [2.45, 2.75) is 52.5 Å². The van der Waals surface area contributed by atoms with E-state index in [1.807, 2.05) is 6.07 Å². The highest BCUT2D eigenvalue weighted by Crippen LogP contribution is 2.33. The highest BCUT2D eigenvalue weighted by atomic mass is 35.5. The van der Waals surface area contributed by atoms with Gasteiger partial charge in [-0.25, -0.2) is 0 Å². The number of aromatic nitrogens is 1. The maximum Gasteiger partial charge on any atom is 0.271 e. The summed E-state index contributed by atoms with van der Waals surface area (Å²) in [5, 5.41) is 20.9. The number of nitriles is 1. The van der Waals surface area contributed by atoms with E-state index in [0.29, 0.717) is 20.7 Å². The average Bonchev–Trinajstić information content (AvgIpc) is 3.10. The molecule has 1 aromatic heterocycles. The number of unbranched alkanes of at least 4 members (excludes halogenated alkanes) is 3. The smallest absolute Gasteiger partial charge is 0.271 e. The number of nitrogens with zero attached hydrogens (tertiary/aromatic N) is 3. The van der Waals surface area contributed by atoms with Gasteiger partial charge in [-0.2, -0.15) is 5.26 Å². The molecule has 1 aromatic carbocycles. The van der Waals surface area contributed by atoms with Gasteiger partial charge in [-0.3, -0.25) is 23.9 Å². The fraction of sp³-hybridized carbons (Fsp3) is 0.346. The van der Waals surface area contributed by atoms with E-state index >= 15 is 0 Å². The third-order valence-corrected chi connectivity index (χ3v) is 7.55. The van der Waals surface area contributed by atoms with Crippen molar-refractivity contribution >= 4 is 57.7 Å². The Bertz CT molecular complexity index is 1330. The van der Waals surface area contributed by atoms with Crippen molar-refractivity contribution in [3.63, 3.8) is 0 Å². The highest BCUT2D eigenvalue weighted by molar-refractivity contribution is 8.26. The first-order valence-electron chi connectivity index (χ1n) is 11.6. The predicted octanol–water partition coefficient (Wildman–Crippen LogP) is 5.44. The first-order chi connectivity index (χ1) is 17.2. The van der Waals surface area contributed by atoms with Gasteiger partial charge in [0.25, 0.3) is 11.5 Å². The number of aromatic hydroxyl groups is 1. The van der Waals surface area contributed by atoms with Gasteiger partial charge in [0.05, 0.1) is 10.5 Å². The van der Waals surface area contributed by atoms with Crippen molar-refractivity contribution < 1.29 is 14.7 Å². The van der Waals surface area contributed by atoms with Crippen LogP contribution in [0.3, 0.4) is 0 Å². The van der Waals surface area contributed by atoms with Crippen LogP contribution in [0, 0.1) is 18.3 Å². The van der Waals surface area contributed by atoms with E-state index in [4.69, 9.17) is 23.8 Å². The van der Waals surface area contributed by atoms with E-state index in [0.717, 1.165) is 41.2 Å². The Morgan fingerprint density at radius 2 is 1.89 bits per heavy atom. The molecule has 3 rings (SSSR count). The Labute approximate surface area is 224 Å². The molecule has 1 amide bonds. The average molecular weight is 544 g/mol. The normalized spacial score (nSPS) is 14.5. The molecule has 2 heterocycles. The van der Waals surface area contributed by atoms with Crippen molar-refractivity contribution in [1.29, 1.82) is 5.26 Å². The molecule has 0 spiro atoms. The molecule has 0 aliphatic carbocycles. The number of carbonyl (C=O) groups excluding carboxylic acids is 2. The SMILES string of the molecule is CCCCCCn1c(O)c(C(=O)CCN2C(=O)/C(=C/c3ccc(Cl)cc3)SC2=S)c(C)c(C#N)c1=O. The summed E-state index contributed by atoms with van der Waals surface area (Å²) in [5.74, 6) is -1.22. The first-order valence-corrected chi connectivity index (χ1v) is 13.2. The standard InChI is InChI=1S/C26H26ClN3O4S2/c1-3-4-5-6-12-29-23(32)19(15-28)16(2)22(25(29)34)20(31)11-13-30-24(33)21(36-26(30)35)14-17-7-9-18(27)10-8-17/h7-10,14,34H,3-6,11-13H2,1-2H3/b21-14-. The number of pyridine rings is 1. The molecule has 0 atom stereocenters. The maximum atomic E-state index is 13.2. The Balaban J connectivity index is 1.80. The zero-order chi connectivity index (χ0) is 26.4. The van der Waals surface area contributed by atoms with E-state index in [-0.39, 0.29) is 42.1 Å². The van der Waals surface area contributed by atoms with E-state index in [2.05, 4.69) is 6.92 Å². The number of hydrogen-bond donors (Lipinski definition) is 1. The lowest BCUT2D eigenvalue weighted by Gasteiger charge is -2.17. The number of carbonyl (C=O) groups is 2. The molecule has 0 unspecified atom stereocenters. The van der Waals surface area contributed by atoms with Gasteiger partial charge < -0.3 is 5.11 Å². The van der Waals surface area contributed by atoms with Crippen molar-refractivity contribution in [1.82, 2.24) is 9.47 Å². The van der Waals surface area contributed by atoms with Crippen LogP contribution < -0.4 is 5.56 Å². The van der Waals surface area contributed by atoms with Crippen molar-refractivity contribution in [2.24, 2.45) is 0 Å². The Morgan fingerprint density at radius 3 is 2.53 bits per heavy atom. The third-order valence-electron chi connectivity index (χ3n) is 5.92. The van der Waals surface area contributed by atoms with Gasteiger partial charge in [-0.15, -0.1) is 0 Å². The van der Waals surface area contributed by atoms with Crippen LogP contribution in [0.5, 0.6) is 5.88 Å². The Kier molecular flexibility index (Phi) is 9.49. The van der Waals surface area contributed by atoms with E-state index < -0.39 is 17.2 Å². The number of benzene rings is 1. The summed E-state index contributed by atoms with van der Waals surface area (Å²) in [6, 6.07) is 8.89. The number of halogens is 1. The largest absolute Gasteiger partial charge is 0.494 e. The van der Waals surface area contributed by atoms with Crippen LogP contribution in [-0.2, 0) is 11.3 Å². The highest BCUT2D eigenvalue weighted by Gasteiger charge is 2.33. The topological polar surface area (TPSA) is 103 Å². The summed E-state index contributed by atoms with van der Waals surface area (Å²) in [6.45, 7) is 3.76. The second-order valence-electron chi connectivity index (χ2n) is 8.39. The lowest BCUT2D eigenvalue weighted by molar-refractivity contribution is -0.122. The molecule has 1 saturated heterocycles. The van der Waals surface area contributed by atoms with Gasteiger partial charge >= 0.3 is 0 Å². The zero-order valence-corrected chi connectivity index (χ0v) is 22.4. The zero-order valence-electron chi connectivity index (χ0n) is 20.0. The Hall–Kier alpha value is -2.93. The van der Waals surface area contributed by atoms with E-state index in [1.54, 1.807) is 30.3 Å². The maximum absolute atomic E-state index is 13.2. The number of ketones is 1. The van der Waals surface area contributed by atoms with Crippen molar-refractivity contribution in [2.75, 3.05) is 6.54 Å². The molecule has 1 aliphatic heterocycles. The number of thioether (sulfide) groups is 1. The summed E-state index contributed by atoms with van der Waals surface area (Å²) < 4.78 is 1.43. The van der Waals surface area contributed by atoms with Crippen LogP contribution in [0.15, 0.2) is 34.0 Å². The second-order valence-corrected chi connectivity index (χ2v) is 10.5. The molecule has 1 fully saturated rings. The molecule has 0 saturated carbocycles. The first kappa shape index (κ1) is 27.7. The molecular weight excluding hydrogens is 518 g/mol. The number of Topliss-reactive ketones (excluding diaryl/α,β-unsaturated/α-hetero) is 1. The fourth-order valence-electron chi connectivity index (χ4n) is 3.93. The molecule has 36 heavy (non-hydrogen) atoms. The van der Waals surface area contributed by atoms with Crippen LogP contribution in [0.4, 0.5) is 0 Å². The van der Waals surface area contributed by atoms with Gasteiger partial charge in [-0.05, 0) is 42.7 Å². The summed E-state index contributed by atoms with van der Waals surface area (Å²) in [6.07, 6.45) is 5.07. The molecule has 0 bridgehead atoms. The quantitative estimate of drug-likeness (QED) is 0.184. The van der Waals surface area contributed by atoms with Gasteiger partial charge in [0, 0.05) is 24.5 Å². The minimum Gasteiger partial charge on any atom is -0.494 e. The van der Waals surface area contributed by atoms with Crippen LogP contribution in [0.25, 0.3) is 6.08 Å². The van der Waals surface area contributed by atoms with Gasteiger partial charge in [0.15, 0.2) is 5.78 Å². The monoisotopic (exact) mass is 543 g/mol. The van der Waals surface area contributed by atoms with Crippen LogP contribution in [-0.4, -0.2) is 37.1 Å². The molecule has 0 radical (unpaired) electrons. The third kappa shape index (κ3) is 6.06. The predicted molar refractivity (Wildman–Crippen MR) is 146 cm³/mol. The summed E-state index contributed by atoms with van der Waals surface area (Å²) in [4.78, 5) is 40.6. The molecule has 188 valence electrons. The molecule has 1 N–H and O–H groups in total. The van der Waals surface area contributed by atoms with Crippen LogP contribution >= 0.6 is 35.6 Å². The molecule has 1 aliphatic rings. The minimum atomic E-state index is -0.607. The van der Waals surface area contributed by atoms with Crippen LogP contribution in [0.2, 0.25) is 5.02 Å². The molecule has 10 heteroatoms. The van der Waals surface area contributed by atoms with E-state index in [1.165, 1.54) is 11.8 Å². The second kappa shape index (κ2) is 12.3. The number of rotatable bonds is 10. The lowest BCUT2D eigenvalue weighted by Crippen LogP contribution is -2.31. The molecule has 2 aromatic rings. The van der Waals surface area contributed by atoms with Crippen LogP contribution in [0.1, 0.15) is 66.1 Å². The van der Waals surface area contributed by atoms with Gasteiger partial charge in [0.1, 0.15) is 16.0 Å². The summed E-state index contributed by atoms with van der Waals surface area (Å²) >= 11 is 12.4. The number of amides is 1.